The lowest BCUT2D eigenvalue weighted by molar-refractivity contribution is 0.0652. The molecule has 2 amide bonds. The molecule has 0 radical (unpaired) electrons. The number of benzene rings is 1. The topological polar surface area (TPSA) is 77.0 Å². The fourth-order valence-corrected chi connectivity index (χ4v) is 5.11. The highest BCUT2D eigenvalue weighted by Crippen LogP contribution is 2.26. The molecule has 1 saturated heterocycles. The lowest BCUT2D eigenvalue weighted by atomic mass is 10.1. The normalized spacial score (nSPS) is 21.7. The molecule has 1 unspecified atom stereocenters. The summed E-state index contributed by atoms with van der Waals surface area (Å²) < 4.78 is 0. The van der Waals surface area contributed by atoms with Gasteiger partial charge in [-0.2, -0.15) is 0 Å². The number of unbranched alkanes of at least 4 members (excludes halogenated alkanes) is 1. The van der Waals surface area contributed by atoms with Gasteiger partial charge in [-0.05, 0) is 50.2 Å². The molecule has 2 aliphatic heterocycles. The van der Waals surface area contributed by atoms with Gasteiger partial charge in [0, 0.05) is 45.8 Å². The molecular weight excluding hydrogens is 517 g/mol. The first-order chi connectivity index (χ1) is 15.2. The van der Waals surface area contributed by atoms with Gasteiger partial charge >= 0.3 is 0 Å². The molecule has 8 heteroatoms. The summed E-state index contributed by atoms with van der Waals surface area (Å²) in [7, 11) is 1.80. The molecule has 32 heavy (non-hydrogen) atoms. The Bertz CT molecular complexity index is 789. The van der Waals surface area contributed by atoms with E-state index in [0.717, 1.165) is 44.2 Å². The second-order valence-electron chi connectivity index (χ2n) is 9.05. The minimum atomic E-state index is -0.172. The van der Waals surface area contributed by atoms with Crippen molar-refractivity contribution in [1.82, 2.24) is 20.4 Å². The summed E-state index contributed by atoms with van der Waals surface area (Å²) in [6.07, 6.45) is 8.42. The van der Waals surface area contributed by atoms with E-state index in [1.165, 1.54) is 43.7 Å². The van der Waals surface area contributed by atoms with Crippen molar-refractivity contribution in [3.8, 4) is 0 Å². The van der Waals surface area contributed by atoms with Gasteiger partial charge in [-0.3, -0.25) is 19.5 Å². The molecular formula is C24H36IN5O2. The average Bonchev–Trinajstić information content (AvgIpc) is 3.51. The van der Waals surface area contributed by atoms with Crippen LogP contribution >= 0.6 is 24.0 Å². The molecule has 1 atom stereocenters. The molecule has 176 valence electrons. The summed E-state index contributed by atoms with van der Waals surface area (Å²) in [6, 6.07) is 7.50. The number of carbonyl (C=O) groups is 2. The number of nitrogens with one attached hydrogen (secondary N) is 2. The largest absolute Gasteiger partial charge is 0.356 e. The summed E-state index contributed by atoms with van der Waals surface area (Å²) in [6.45, 7) is 4.74. The van der Waals surface area contributed by atoms with Crippen molar-refractivity contribution >= 4 is 41.8 Å². The zero-order chi connectivity index (χ0) is 21.6. The third-order valence-electron chi connectivity index (χ3n) is 6.81. The molecule has 0 bridgehead atoms. The van der Waals surface area contributed by atoms with Gasteiger partial charge in [0.15, 0.2) is 5.96 Å². The number of guanidine groups is 1. The van der Waals surface area contributed by atoms with Crippen LogP contribution in [0.15, 0.2) is 29.3 Å². The molecule has 1 saturated carbocycles. The molecule has 2 N–H and O–H groups in total. The lowest BCUT2D eigenvalue weighted by Gasteiger charge is -2.21. The molecule has 1 aromatic carbocycles. The van der Waals surface area contributed by atoms with Crippen molar-refractivity contribution in [1.29, 1.82) is 0 Å². The van der Waals surface area contributed by atoms with Crippen molar-refractivity contribution in [2.75, 3.05) is 39.8 Å². The fourth-order valence-electron chi connectivity index (χ4n) is 5.11. The van der Waals surface area contributed by atoms with E-state index in [1.807, 2.05) is 0 Å². The van der Waals surface area contributed by atoms with Crippen LogP contribution in [0.5, 0.6) is 0 Å². The van der Waals surface area contributed by atoms with Crippen LogP contribution < -0.4 is 10.6 Å². The zero-order valence-corrected chi connectivity index (χ0v) is 21.3. The van der Waals surface area contributed by atoms with Crippen molar-refractivity contribution in [3.05, 3.63) is 35.4 Å². The highest BCUT2D eigenvalue weighted by Gasteiger charge is 2.34. The molecule has 1 aromatic rings. The van der Waals surface area contributed by atoms with E-state index >= 15 is 0 Å². The number of halogens is 1. The number of nitrogens with zero attached hydrogens (tertiary/aromatic N) is 3. The maximum Gasteiger partial charge on any atom is 0.261 e. The third-order valence-corrected chi connectivity index (χ3v) is 6.81. The highest BCUT2D eigenvalue weighted by molar-refractivity contribution is 14.0. The summed E-state index contributed by atoms with van der Waals surface area (Å²) in [5.41, 5.74) is 1.04. The second kappa shape index (κ2) is 12.0. The highest BCUT2D eigenvalue weighted by atomic mass is 127. The van der Waals surface area contributed by atoms with Crippen molar-refractivity contribution in [3.63, 3.8) is 0 Å². The molecule has 0 aromatic heterocycles. The molecule has 4 rings (SSSR count). The smallest absolute Gasteiger partial charge is 0.261 e. The SMILES string of the molecule is CN=C(NCCCCN1C(=O)c2ccccc2C1=O)NC1CCN(CC2CCCC2)C1.I. The first kappa shape index (κ1) is 25.0. The van der Waals surface area contributed by atoms with Crippen LogP contribution in [0.3, 0.4) is 0 Å². The van der Waals surface area contributed by atoms with Crippen LogP contribution in [0.1, 0.15) is 65.7 Å². The second-order valence-corrected chi connectivity index (χ2v) is 9.05. The van der Waals surface area contributed by atoms with Crippen molar-refractivity contribution in [2.24, 2.45) is 10.9 Å². The lowest BCUT2D eigenvalue weighted by Crippen LogP contribution is -2.45. The first-order valence-corrected chi connectivity index (χ1v) is 11.8. The van der Waals surface area contributed by atoms with Crippen LogP contribution in [0, 0.1) is 5.92 Å². The van der Waals surface area contributed by atoms with E-state index in [4.69, 9.17) is 0 Å². The predicted octanol–water partition coefficient (Wildman–Crippen LogP) is 3.11. The molecule has 3 aliphatic rings. The predicted molar refractivity (Wildman–Crippen MR) is 138 cm³/mol. The van der Waals surface area contributed by atoms with Gasteiger partial charge in [-0.1, -0.05) is 25.0 Å². The Kier molecular flexibility index (Phi) is 9.34. The van der Waals surface area contributed by atoms with E-state index in [9.17, 15) is 9.59 Å². The Morgan fingerprint density at radius 1 is 1.06 bits per heavy atom. The minimum Gasteiger partial charge on any atom is -0.356 e. The number of imide groups is 1. The number of likely N-dealkylation sites (tertiary alicyclic amines) is 1. The van der Waals surface area contributed by atoms with Gasteiger partial charge in [-0.15, -0.1) is 24.0 Å². The van der Waals surface area contributed by atoms with Gasteiger partial charge in [0.1, 0.15) is 0 Å². The Hall–Kier alpha value is -1.68. The summed E-state index contributed by atoms with van der Waals surface area (Å²) in [5, 5.41) is 6.94. The van der Waals surface area contributed by atoms with Crippen LogP contribution in [0.25, 0.3) is 0 Å². The Morgan fingerprint density at radius 2 is 1.75 bits per heavy atom. The molecule has 1 aliphatic carbocycles. The maximum atomic E-state index is 12.4. The Labute approximate surface area is 208 Å². The number of aliphatic imine (C=N–C) groups is 1. The van der Waals surface area contributed by atoms with Gasteiger partial charge in [0.2, 0.25) is 0 Å². The number of hydrogen-bond acceptors (Lipinski definition) is 4. The van der Waals surface area contributed by atoms with E-state index in [2.05, 4.69) is 20.5 Å². The Morgan fingerprint density at radius 3 is 2.41 bits per heavy atom. The number of amides is 2. The number of fused-ring (bicyclic) bond motifs is 1. The Balaban J connectivity index is 0.00000289. The summed E-state index contributed by atoms with van der Waals surface area (Å²) in [5.74, 6) is 1.40. The van der Waals surface area contributed by atoms with E-state index < -0.39 is 0 Å². The van der Waals surface area contributed by atoms with E-state index in [1.54, 1.807) is 31.3 Å². The number of rotatable bonds is 8. The van der Waals surface area contributed by atoms with E-state index in [-0.39, 0.29) is 35.8 Å². The maximum absolute atomic E-state index is 12.4. The van der Waals surface area contributed by atoms with Gasteiger partial charge in [0.05, 0.1) is 11.1 Å². The summed E-state index contributed by atoms with van der Waals surface area (Å²) in [4.78, 5) is 33.2. The third kappa shape index (κ3) is 6.01. The zero-order valence-electron chi connectivity index (χ0n) is 19.0. The molecule has 2 fully saturated rings. The monoisotopic (exact) mass is 553 g/mol. The standard InChI is InChI=1S/C24H35N5O2.HI/c1-25-24(27-19-12-15-28(17-19)16-18-8-2-3-9-18)26-13-6-7-14-29-22(30)20-10-4-5-11-21(20)23(29)31;/h4-5,10-11,18-19H,2-3,6-9,12-17H2,1H3,(H2,25,26,27);1H. The van der Waals surface area contributed by atoms with Crippen LogP contribution in [0.2, 0.25) is 0 Å². The van der Waals surface area contributed by atoms with Gasteiger partial charge in [-0.25, -0.2) is 0 Å². The van der Waals surface area contributed by atoms with Crippen LogP contribution in [-0.2, 0) is 0 Å². The van der Waals surface area contributed by atoms with Gasteiger partial charge < -0.3 is 15.5 Å². The van der Waals surface area contributed by atoms with Crippen LogP contribution in [0.4, 0.5) is 0 Å². The van der Waals surface area contributed by atoms with Crippen LogP contribution in [-0.4, -0.2) is 73.4 Å². The van der Waals surface area contributed by atoms with E-state index in [0.29, 0.717) is 23.7 Å². The van der Waals surface area contributed by atoms with Gasteiger partial charge in [0.25, 0.3) is 11.8 Å². The molecule has 0 spiro atoms. The van der Waals surface area contributed by atoms with Crippen molar-refractivity contribution < 1.29 is 9.59 Å². The van der Waals surface area contributed by atoms with Crippen molar-refractivity contribution in [2.45, 2.75) is 51.0 Å². The quantitative estimate of drug-likeness (QED) is 0.170. The average molecular weight is 553 g/mol. The number of carbonyl (C=O) groups excluding carboxylic acids is 2. The summed E-state index contributed by atoms with van der Waals surface area (Å²) >= 11 is 0. The first-order valence-electron chi connectivity index (χ1n) is 11.8. The molecule has 2 heterocycles. The minimum absolute atomic E-state index is 0. The number of hydrogen-bond donors (Lipinski definition) is 2. The molecule has 7 nitrogen and oxygen atoms in total. The fraction of sp³-hybridized carbons (Fsp3) is 0.625.